The summed E-state index contributed by atoms with van der Waals surface area (Å²) in [7, 11) is 0. The maximum atomic E-state index is 12.5. The molecule has 0 saturated heterocycles. The number of benzene rings is 1. The summed E-state index contributed by atoms with van der Waals surface area (Å²) < 4.78 is 43.0. The van der Waals surface area contributed by atoms with Gasteiger partial charge in [0.15, 0.2) is 0 Å². The van der Waals surface area contributed by atoms with Gasteiger partial charge in [-0.3, -0.25) is 0 Å². The van der Waals surface area contributed by atoms with E-state index in [0.29, 0.717) is 5.56 Å². The molecule has 0 bridgehead atoms. The van der Waals surface area contributed by atoms with Crippen LogP contribution < -0.4 is 4.74 Å². The predicted molar refractivity (Wildman–Crippen MR) is 69.5 cm³/mol. The molecule has 0 N–H and O–H groups in total. The van der Waals surface area contributed by atoms with Crippen LogP contribution in [-0.4, -0.2) is 4.98 Å². The summed E-state index contributed by atoms with van der Waals surface area (Å²) in [5, 5.41) is 0. The van der Waals surface area contributed by atoms with Gasteiger partial charge in [-0.2, -0.15) is 13.2 Å². The first kappa shape index (κ1) is 14.4. The molecule has 0 radical (unpaired) electrons. The highest BCUT2D eigenvalue weighted by atomic mass is 19.4. The van der Waals surface area contributed by atoms with Gasteiger partial charge >= 0.3 is 6.18 Å². The molecule has 0 atom stereocenters. The van der Waals surface area contributed by atoms with E-state index in [0.717, 1.165) is 23.4 Å². The molecule has 0 aliphatic rings. The summed E-state index contributed by atoms with van der Waals surface area (Å²) >= 11 is 0. The van der Waals surface area contributed by atoms with E-state index in [1.54, 1.807) is 6.92 Å². The standard InChI is InChI=1S/C15H14F3NO/c1-10-3-5-12(6-4-10)9-20-14-11(2)7-13(8-19-14)15(16,17)18/h3-8H,9H2,1-2H3. The summed E-state index contributed by atoms with van der Waals surface area (Å²) in [5.74, 6) is 0.221. The summed E-state index contributed by atoms with van der Waals surface area (Å²) in [6.45, 7) is 3.80. The number of aromatic nitrogens is 1. The second kappa shape index (κ2) is 5.53. The minimum absolute atomic E-state index is 0.221. The Kier molecular flexibility index (Phi) is 3.97. The lowest BCUT2D eigenvalue weighted by Crippen LogP contribution is -2.07. The first-order valence-corrected chi connectivity index (χ1v) is 6.08. The molecular weight excluding hydrogens is 267 g/mol. The lowest BCUT2D eigenvalue weighted by atomic mass is 10.2. The predicted octanol–water partition coefficient (Wildman–Crippen LogP) is 4.30. The molecule has 0 unspecified atom stereocenters. The van der Waals surface area contributed by atoms with E-state index in [2.05, 4.69) is 4.98 Å². The Hall–Kier alpha value is -2.04. The molecule has 5 heteroatoms. The smallest absolute Gasteiger partial charge is 0.417 e. The second-order valence-corrected chi connectivity index (χ2v) is 4.62. The first-order chi connectivity index (χ1) is 9.36. The summed E-state index contributed by atoms with van der Waals surface area (Å²) in [6.07, 6.45) is -3.59. The van der Waals surface area contributed by atoms with Gasteiger partial charge in [0.1, 0.15) is 6.61 Å². The van der Waals surface area contributed by atoms with Gasteiger partial charge in [0, 0.05) is 11.8 Å². The summed E-state index contributed by atoms with van der Waals surface area (Å²) in [6, 6.07) is 8.76. The maximum Gasteiger partial charge on any atom is 0.417 e. The third-order valence-electron chi connectivity index (χ3n) is 2.85. The molecule has 106 valence electrons. The lowest BCUT2D eigenvalue weighted by Gasteiger charge is -2.11. The largest absolute Gasteiger partial charge is 0.473 e. The van der Waals surface area contributed by atoms with Crippen LogP contribution in [-0.2, 0) is 12.8 Å². The zero-order chi connectivity index (χ0) is 14.8. The van der Waals surface area contributed by atoms with Gasteiger partial charge < -0.3 is 4.74 Å². The first-order valence-electron chi connectivity index (χ1n) is 6.08. The molecule has 2 rings (SSSR count). The zero-order valence-corrected chi connectivity index (χ0v) is 11.2. The fraction of sp³-hybridized carbons (Fsp3) is 0.267. The summed E-state index contributed by atoms with van der Waals surface area (Å²) in [4.78, 5) is 3.74. The fourth-order valence-corrected chi connectivity index (χ4v) is 1.70. The minimum atomic E-state index is -4.38. The number of nitrogens with zero attached hydrogens (tertiary/aromatic N) is 1. The van der Waals surface area contributed by atoms with Crippen LogP contribution in [0.15, 0.2) is 36.5 Å². The van der Waals surface area contributed by atoms with Gasteiger partial charge in [-0.05, 0) is 25.5 Å². The van der Waals surface area contributed by atoms with E-state index in [1.165, 1.54) is 0 Å². The topological polar surface area (TPSA) is 22.1 Å². The van der Waals surface area contributed by atoms with Crippen LogP contribution in [0.1, 0.15) is 22.3 Å². The number of pyridine rings is 1. The molecule has 0 saturated carbocycles. The highest BCUT2D eigenvalue weighted by molar-refractivity contribution is 5.30. The van der Waals surface area contributed by atoms with Crippen molar-refractivity contribution in [1.29, 1.82) is 0 Å². The van der Waals surface area contributed by atoms with Crippen LogP contribution in [0.4, 0.5) is 13.2 Å². The van der Waals surface area contributed by atoms with Gasteiger partial charge in [-0.15, -0.1) is 0 Å². The number of hydrogen-bond acceptors (Lipinski definition) is 2. The van der Waals surface area contributed by atoms with Crippen molar-refractivity contribution in [3.05, 3.63) is 58.8 Å². The number of hydrogen-bond donors (Lipinski definition) is 0. The Morgan fingerprint density at radius 3 is 2.30 bits per heavy atom. The van der Waals surface area contributed by atoms with Crippen LogP contribution in [0.5, 0.6) is 5.88 Å². The van der Waals surface area contributed by atoms with E-state index in [4.69, 9.17) is 4.74 Å². The van der Waals surface area contributed by atoms with E-state index in [-0.39, 0.29) is 12.5 Å². The number of ether oxygens (including phenoxy) is 1. The zero-order valence-electron chi connectivity index (χ0n) is 11.2. The Labute approximate surface area is 115 Å². The number of alkyl halides is 3. The van der Waals surface area contributed by atoms with E-state index >= 15 is 0 Å². The third-order valence-corrected chi connectivity index (χ3v) is 2.85. The molecule has 1 aromatic heterocycles. The molecule has 0 aliphatic heterocycles. The number of rotatable bonds is 3. The van der Waals surface area contributed by atoms with Crippen molar-refractivity contribution in [2.75, 3.05) is 0 Å². The van der Waals surface area contributed by atoms with Crippen molar-refractivity contribution >= 4 is 0 Å². The molecule has 2 nitrogen and oxygen atoms in total. The van der Waals surface area contributed by atoms with Gasteiger partial charge in [-0.1, -0.05) is 29.8 Å². The minimum Gasteiger partial charge on any atom is -0.473 e. The van der Waals surface area contributed by atoms with E-state index < -0.39 is 11.7 Å². The van der Waals surface area contributed by atoms with Gasteiger partial charge in [0.05, 0.1) is 5.56 Å². The average Bonchev–Trinajstić information content (AvgIpc) is 2.38. The number of halogens is 3. The summed E-state index contributed by atoms with van der Waals surface area (Å²) in [5.41, 5.74) is 1.68. The van der Waals surface area contributed by atoms with Gasteiger partial charge in [-0.25, -0.2) is 4.98 Å². The molecule has 0 fully saturated rings. The molecule has 20 heavy (non-hydrogen) atoms. The van der Waals surface area contributed by atoms with Crippen molar-refractivity contribution < 1.29 is 17.9 Å². The second-order valence-electron chi connectivity index (χ2n) is 4.62. The average molecular weight is 281 g/mol. The highest BCUT2D eigenvalue weighted by Gasteiger charge is 2.31. The molecule has 0 aliphatic carbocycles. The van der Waals surface area contributed by atoms with Crippen molar-refractivity contribution in [2.45, 2.75) is 26.6 Å². The quantitative estimate of drug-likeness (QED) is 0.837. The van der Waals surface area contributed by atoms with Crippen molar-refractivity contribution in [3.8, 4) is 5.88 Å². The van der Waals surface area contributed by atoms with Crippen LogP contribution in [0.2, 0.25) is 0 Å². The Balaban J connectivity index is 2.08. The molecule has 1 heterocycles. The maximum absolute atomic E-state index is 12.5. The molecule has 0 amide bonds. The fourth-order valence-electron chi connectivity index (χ4n) is 1.70. The Bertz CT molecular complexity index is 591. The monoisotopic (exact) mass is 281 g/mol. The third kappa shape index (κ3) is 3.50. The van der Waals surface area contributed by atoms with Crippen molar-refractivity contribution in [1.82, 2.24) is 4.98 Å². The van der Waals surface area contributed by atoms with Gasteiger partial charge in [0.2, 0.25) is 5.88 Å². The van der Waals surface area contributed by atoms with Crippen molar-refractivity contribution in [3.63, 3.8) is 0 Å². The van der Waals surface area contributed by atoms with Crippen molar-refractivity contribution in [2.24, 2.45) is 0 Å². The molecular formula is C15H14F3NO. The number of aryl methyl sites for hydroxylation is 2. The Morgan fingerprint density at radius 1 is 1.10 bits per heavy atom. The highest BCUT2D eigenvalue weighted by Crippen LogP contribution is 2.31. The molecule has 0 spiro atoms. The lowest BCUT2D eigenvalue weighted by molar-refractivity contribution is -0.137. The SMILES string of the molecule is Cc1ccc(COc2ncc(C(F)(F)F)cc2C)cc1. The van der Waals surface area contributed by atoms with Gasteiger partial charge in [0.25, 0.3) is 0 Å². The van der Waals surface area contributed by atoms with Crippen LogP contribution in [0, 0.1) is 13.8 Å². The van der Waals surface area contributed by atoms with Crippen LogP contribution >= 0.6 is 0 Å². The van der Waals surface area contributed by atoms with Crippen LogP contribution in [0.25, 0.3) is 0 Å². The normalized spacial score (nSPS) is 11.4. The molecule has 2 aromatic rings. The Morgan fingerprint density at radius 2 is 1.75 bits per heavy atom. The van der Waals surface area contributed by atoms with E-state index in [1.807, 2.05) is 31.2 Å². The molecule has 1 aromatic carbocycles. The van der Waals surface area contributed by atoms with Crippen LogP contribution in [0.3, 0.4) is 0 Å². The van der Waals surface area contributed by atoms with E-state index in [9.17, 15) is 13.2 Å².